The summed E-state index contributed by atoms with van der Waals surface area (Å²) in [6.07, 6.45) is 0. The summed E-state index contributed by atoms with van der Waals surface area (Å²) in [5, 5.41) is 2.67. The van der Waals surface area contributed by atoms with Crippen LogP contribution in [0.2, 0.25) is 0 Å². The van der Waals surface area contributed by atoms with Crippen molar-refractivity contribution in [1.82, 2.24) is 0 Å². The predicted molar refractivity (Wildman–Crippen MR) is 161 cm³/mol. The Morgan fingerprint density at radius 3 is 2.07 bits per heavy atom. The van der Waals surface area contributed by atoms with Crippen LogP contribution in [0.1, 0.15) is 16.7 Å². The van der Waals surface area contributed by atoms with Crippen LogP contribution in [0.15, 0.2) is 101 Å². The van der Waals surface area contributed by atoms with Crippen LogP contribution in [-0.2, 0) is 24.8 Å². The summed E-state index contributed by atoms with van der Waals surface area (Å²) in [6.45, 7) is 4.97. The van der Waals surface area contributed by atoms with E-state index in [2.05, 4.69) is 10.0 Å². The molecule has 4 rings (SSSR count). The van der Waals surface area contributed by atoms with Gasteiger partial charge in [0, 0.05) is 5.69 Å². The first kappa shape index (κ1) is 29.6. The lowest BCUT2D eigenvalue weighted by atomic mass is 10.1. The van der Waals surface area contributed by atoms with Gasteiger partial charge < -0.3 is 10.1 Å². The first-order valence-corrected chi connectivity index (χ1v) is 15.6. The SMILES string of the molecule is COc1ccc(C)cc1NS(=O)(=O)c1ccc(NC(=O)CN(c2cc(C)ccc2C)S(=O)(=O)c2ccccc2)cc1. The zero-order chi connectivity index (χ0) is 29.8. The number of methoxy groups -OCH3 is 1. The first-order valence-electron chi connectivity index (χ1n) is 12.6. The molecule has 0 fully saturated rings. The number of sulfonamides is 2. The monoisotopic (exact) mass is 593 g/mol. The van der Waals surface area contributed by atoms with Crippen molar-refractivity contribution in [3.8, 4) is 5.75 Å². The van der Waals surface area contributed by atoms with Gasteiger partial charge in [-0.3, -0.25) is 13.8 Å². The summed E-state index contributed by atoms with van der Waals surface area (Å²) < 4.78 is 62.1. The third-order valence-corrected chi connectivity index (χ3v) is 9.45. The Balaban J connectivity index is 1.56. The Morgan fingerprint density at radius 2 is 1.41 bits per heavy atom. The molecule has 0 aliphatic carbocycles. The molecule has 0 unspecified atom stereocenters. The number of nitrogens with zero attached hydrogens (tertiary/aromatic N) is 1. The van der Waals surface area contributed by atoms with Crippen LogP contribution in [0.25, 0.3) is 0 Å². The van der Waals surface area contributed by atoms with Gasteiger partial charge in [0.05, 0.1) is 28.3 Å². The van der Waals surface area contributed by atoms with Crippen LogP contribution < -0.4 is 19.1 Å². The van der Waals surface area contributed by atoms with Crippen LogP contribution in [-0.4, -0.2) is 36.4 Å². The molecule has 0 saturated heterocycles. The third kappa shape index (κ3) is 6.87. The number of carbonyl (C=O) groups is 1. The Labute approximate surface area is 240 Å². The van der Waals surface area contributed by atoms with Gasteiger partial charge in [-0.15, -0.1) is 0 Å². The summed E-state index contributed by atoms with van der Waals surface area (Å²) in [5.41, 5.74) is 3.38. The number of hydrogen-bond acceptors (Lipinski definition) is 6. The Morgan fingerprint density at radius 1 is 0.780 bits per heavy atom. The number of benzene rings is 4. The lowest BCUT2D eigenvalue weighted by Gasteiger charge is -2.26. The van der Waals surface area contributed by atoms with Gasteiger partial charge in [-0.05, 0) is 92.1 Å². The Hall–Kier alpha value is -4.35. The molecule has 0 aromatic heterocycles. The number of carbonyl (C=O) groups excluding carboxylic acids is 1. The summed E-state index contributed by atoms with van der Waals surface area (Å²) in [6, 6.07) is 24.0. The van der Waals surface area contributed by atoms with Gasteiger partial charge >= 0.3 is 0 Å². The number of nitrogens with one attached hydrogen (secondary N) is 2. The molecule has 214 valence electrons. The lowest BCUT2D eigenvalue weighted by Crippen LogP contribution is -2.38. The van der Waals surface area contributed by atoms with Gasteiger partial charge in [0.15, 0.2) is 0 Å². The fourth-order valence-electron chi connectivity index (χ4n) is 4.16. The van der Waals surface area contributed by atoms with Gasteiger partial charge in [-0.1, -0.05) is 36.4 Å². The molecule has 0 aliphatic rings. The van der Waals surface area contributed by atoms with Gasteiger partial charge in [0.1, 0.15) is 12.3 Å². The summed E-state index contributed by atoms with van der Waals surface area (Å²) in [4.78, 5) is 13.2. The molecule has 41 heavy (non-hydrogen) atoms. The van der Waals surface area contributed by atoms with Crippen LogP contribution >= 0.6 is 0 Å². The molecule has 0 saturated carbocycles. The van der Waals surface area contributed by atoms with Crippen molar-refractivity contribution >= 4 is 43.0 Å². The number of amides is 1. The predicted octanol–water partition coefficient (Wildman–Crippen LogP) is 5.26. The zero-order valence-electron chi connectivity index (χ0n) is 23.1. The molecule has 4 aromatic carbocycles. The van der Waals surface area contributed by atoms with E-state index in [0.717, 1.165) is 15.4 Å². The molecule has 11 heteroatoms. The second-order valence-electron chi connectivity index (χ2n) is 9.50. The fraction of sp³-hybridized carbons (Fsp3) is 0.167. The highest BCUT2D eigenvalue weighted by Crippen LogP contribution is 2.29. The molecule has 2 N–H and O–H groups in total. The molecule has 1 amide bonds. The minimum atomic E-state index is -4.07. The average molecular weight is 594 g/mol. The Bertz CT molecular complexity index is 1770. The van der Waals surface area contributed by atoms with Gasteiger partial charge in [0.25, 0.3) is 20.0 Å². The van der Waals surface area contributed by atoms with Crippen LogP contribution in [0, 0.1) is 20.8 Å². The van der Waals surface area contributed by atoms with E-state index in [-0.39, 0.29) is 9.79 Å². The van der Waals surface area contributed by atoms with Gasteiger partial charge in [-0.25, -0.2) is 16.8 Å². The highest BCUT2D eigenvalue weighted by atomic mass is 32.2. The summed E-state index contributed by atoms with van der Waals surface area (Å²) in [7, 11) is -6.57. The minimum absolute atomic E-state index is 0.0253. The van der Waals surface area contributed by atoms with Crippen molar-refractivity contribution in [3.05, 3.63) is 108 Å². The number of aryl methyl sites for hydroxylation is 3. The minimum Gasteiger partial charge on any atom is -0.495 e. The van der Waals surface area contributed by atoms with Crippen molar-refractivity contribution in [2.75, 3.05) is 28.0 Å². The molecular weight excluding hydrogens is 562 g/mol. The fourth-order valence-corrected chi connectivity index (χ4v) is 6.72. The van der Waals surface area contributed by atoms with Gasteiger partial charge in [-0.2, -0.15) is 0 Å². The quantitative estimate of drug-likeness (QED) is 0.259. The van der Waals surface area contributed by atoms with E-state index in [1.165, 1.54) is 43.5 Å². The van der Waals surface area contributed by atoms with Crippen molar-refractivity contribution in [3.63, 3.8) is 0 Å². The molecule has 0 bridgehead atoms. The number of ether oxygens (including phenoxy) is 1. The highest BCUT2D eigenvalue weighted by Gasteiger charge is 2.28. The standard InChI is InChI=1S/C30H31N3O6S2/c1-21-11-17-29(39-4)27(18-21)32-40(35,36)25-15-13-24(14-16-25)31-30(34)20-33(28-19-22(2)10-12-23(28)3)41(37,38)26-8-6-5-7-9-26/h5-19,32H,20H2,1-4H3,(H,31,34). The number of anilines is 3. The van der Waals surface area contributed by atoms with Crippen molar-refractivity contribution < 1.29 is 26.4 Å². The van der Waals surface area contributed by atoms with E-state index < -0.39 is 32.5 Å². The van der Waals surface area contributed by atoms with Crippen molar-refractivity contribution in [2.24, 2.45) is 0 Å². The molecule has 0 aliphatic heterocycles. The first-order chi connectivity index (χ1) is 19.4. The molecular formula is C30H31N3O6S2. The van der Waals surface area contributed by atoms with E-state index in [0.29, 0.717) is 28.4 Å². The third-order valence-electron chi connectivity index (χ3n) is 6.30. The zero-order valence-corrected chi connectivity index (χ0v) is 24.7. The molecule has 9 nitrogen and oxygen atoms in total. The molecule has 0 atom stereocenters. The normalized spacial score (nSPS) is 11.5. The smallest absolute Gasteiger partial charge is 0.264 e. The lowest BCUT2D eigenvalue weighted by molar-refractivity contribution is -0.114. The molecule has 0 radical (unpaired) electrons. The topological polar surface area (TPSA) is 122 Å². The van der Waals surface area contributed by atoms with Crippen molar-refractivity contribution in [2.45, 2.75) is 30.6 Å². The van der Waals surface area contributed by atoms with E-state index in [1.54, 1.807) is 55.5 Å². The number of rotatable bonds is 10. The maximum atomic E-state index is 13.6. The maximum absolute atomic E-state index is 13.6. The summed E-state index contributed by atoms with van der Waals surface area (Å²) >= 11 is 0. The van der Waals surface area contributed by atoms with E-state index in [9.17, 15) is 21.6 Å². The maximum Gasteiger partial charge on any atom is 0.264 e. The summed E-state index contributed by atoms with van der Waals surface area (Å²) in [5.74, 6) is -0.217. The second kappa shape index (κ2) is 12.0. The Kier molecular flexibility index (Phi) is 8.69. The second-order valence-corrected chi connectivity index (χ2v) is 13.0. The van der Waals surface area contributed by atoms with E-state index >= 15 is 0 Å². The van der Waals surface area contributed by atoms with Gasteiger partial charge in [0.2, 0.25) is 5.91 Å². The van der Waals surface area contributed by atoms with Crippen LogP contribution in [0.5, 0.6) is 5.75 Å². The number of hydrogen-bond donors (Lipinski definition) is 2. The van der Waals surface area contributed by atoms with E-state index in [1.807, 2.05) is 19.9 Å². The van der Waals surface area contributed by atoms with E-state index in [4.69, 9.17) is 4.74 Å². The molecule has 0 spiro atoms. The molecule has 0 heterocycles. The largest absolute Gasteiger partial charge is 0.495 e. The van der Waals surface area contributed by atoms with Crippen LogP contribution in [0.4, 0.5) is 17.1 Å². The van der Waals surface area contributed by atoms with Crippen LogP contribution in [0.3, 0.4) is 0 Å². The average Bonchev–Trinajstić information content (AvgIpc) is 2.94. The highest BCUT2D eigenvalue weighted by molar-refractivity contribution is 7.93. The molecule has 4 aromatic rings. The van der Waals surface area contributed by atoms with Crippen molar-refractivity contribution in [1.29, 1.82) is 0 Å².